The lowest BCUT2D eigenvalue weighted by molar-refractivity contribution is 0.0360. The minimum absolute atomic E-state index is 0.0740. The van der Waals surface area contributed by atoms with Crippen LogP contribution in [0.4, 0.5) is 11.4 Å². The van der Waals surface area contributed by atoms with Gasteiger partial charge in [-0.15, -0.1) is 10.2 Å². The molecule has 2 aromatic rings. The summed E-state index contributed by atoms with van der Waals surface area (Å²) in [4.78, 5) is 23.0. The average Bonchev–Trinajstić information content (AvgIpc) is 2.83. The molecule has 0 N–H and O–H groups in total. The maximum absolute atomic E-state index is 11.5. The standard InChI is InChI=1S/C22H26N6O4/c1-15-13-28(26-24-20-11-7-18(8-12-20)22(30)32-4)16(2)14-27(15)25-23-19-9-5-17(6-10-19)21(29)31-3/h5-12,15-16H,13-14H2,1-4H3/t15-,16+. The van der Waals surface area contributed by atoms with Crippen LogP contribution >= 0.6 is 0 Å². The molecule has 0 bridgehead atoms. The van der Waals surface area contributed by atoms with Crippen molar-refractivity contribution in [2.24, 2.45) is 20.7 Å². The van der Waals surface area contributed by atoms with E-state index >= 15 is 0 Å². The number of rotatable bonds is 6. The number of hydrogen-bond donors (Lipinski definition) is 0. The quantitative estimate of drug-likeness (QED) is 0.490. The van der Waals surface area contributed by atoms with Gasteiger partial charge in [0.15, 0.2) is 0 Å². The Kier molecular flexibility index (Phi) is 7.48. The molecule has 1 fully saturated rings. The molecule has 1 aliphatic rings. The van der Waals surface area contributed by atoms with Crippen LogP contribution in [0.3, 0.4) is 0 Å². The third-order valence-electron chi connectivity index (χ3n) is 5.05. The minimum atomic E-state index is -0.388. The fourth-order valence-corrected chi connectivity index (χ4v) is 3.12. The molecule has 0 aromatic heterocycles. The summed E-state index contributed by atoms with van der Waals surface area (Å²) >= 11 is 0. The second kappa shape index (κ2) is 10.5. The zero-order valence-electron chi connectivity index (χ0n) is 18.5. The van der Waals surface area contributed by atoms with E-state index < -0.39 is 0 Å². The number of ether oxygens (including phenoxy) is 2. The Balaban J connectivity index is 1.58. The van der Waals surface area contributed by atoms with Crippen LogP contribution < -0.4 is 0 Å². The van der Waals surface area contributed by atoms with Crippen LogP contribution in [0, 0.1) is 0 Å². The zero-order chi connectivity index (χ0) is 23.1. The average molecular weight is 438 g/mol. The maximum Gasteiger partial charge on any atom is 0.337 e. The lowest BCUT2D eigenvalue weighted by Crippen LogP contribution is -2.52. The van der Waals surface area contributed by atoms with Crippen molar-refractivity contribution in [2.75, 3.05) is 27.3 Å². The predicted octanol–water partition coefficient (Wildman–Crippen LogP) is 4.35. The Morgan fingerprint density at radius 1 is 0.719 bits per heavy atom. The topological polar surface area (TPSA) is 109 Å². The molecule has 2 aromatic carbocycles. The first-order valence-electron chi connectivity index (χ1n) is 10.1. The van der Waals surface area contributed by atoms with Gasteiger partial charge in [-0.3, -0.25) is 10.0 Å². The first kappa shape index (κ1) is 22.9. The van der Waals surface area contributed by atoms with Crippen molar-refractivity contribution in [1.29, 1.82) is 0 Å². The summed E-state index contributed by atoms with van der Waals surface area (Å²) in [6, 6.07) is 13.7. The lowest BCUT2D eigenvalue weighted by atomic mass is 10.2. The van der Waals surface area contributed by atoms with Crippen LogP contribution in [0.15, 0.2) is 69.2 Å². The van der Waals surface area contributed by atoms with E-state index in [0.29, 0.717) is 35.6 Å². The summed E-state index contributed by atoms with van der Waals surface area (Å²) in [6.07, 6.45) is 0. The predicted molar refractivity (Wildman–Crippen MR) is 117 cm³/mol. The number of carbonyl (C=O) groups is 2. The van der Waals surface area contributed by atoms with Gasteiger partial charge in [-0.05, 0) is 62.4 Å². The van der Waals surface area contributed by atoms with Gasteiger partial charge < -0.3 is 9.47 Å². The normalized spacial score (nSPS) is 18.9. The summed E-state index contributed by atoms with van der Waals surface area (Å²) < 4.78 is 9.39. The molecule has 0 aliphatic carbocycles. The molecular formula is C22H26N6O4. The number of esters is 2. The molecule has 1 heterocycles. The SMILES string of the molecule is COC(=O)c1ccc(N=NN2C[C@H](C)N(N=Nc3ccc(C(=O)OC)cc3)C[C@H]2C)cc1. The van der Waals surface area contributed by atoms with Crippen molar-refractivity contribution in [3.63, 3.8) is 0 Å². The fraction of sp³-hybridized carbons (Fsp3) is 0.364. The van der Waals surface area contributed by atoms with E-state index in [0.717, 1.165) is 0 Å². The smallest absolute Gasteiger partial charge is 0.337 e. The summed E-state index contributed by atoms with van der Waals surface area (Å²) in [5.41, 5.74) is 2.23. The highest BCUT2D eigenvalue weighted by Gasteiger charge is 2.28. The molecule has 32 heavy (non-hydrogen) atoms. The molecule has 0 unspecified atom stereocenters. The number of carbonyl (C=O) groups excluding carboxylic acids is 2. The summed E-state index contributed by atoms with van der Waals surface area (Å²) in [7, 11) is 2.69. The van der Waals surface area contributed by atoms with E-state index in [9.17, 15) is 9.59 Å². The first-order chi connectivity index (χ1) is 15.4. The van der Waals surface area contributed by atoms with Gasteiger partial charge >= 0.3 is 11.9 Å². The van der Waals surface area contributed by atoms with Crippen LogP contribution in [0.25, 0.3) is 0 Å². The van der Waals surface area contributed by atoms with E-state index in [-0.39, 0.29) is 24.0 Å². The summed E-state index contributed by atoms with van der Waals surface area (Å²) in [6.45, 7) is 5.34. The molecule has 1 saturated heterocycles. The number of benzene rings is 2. The van der Waals surface area contributed by atoms with Gasteiger partial charge in [-0.2, -0.15) is 0 Å². The summed E-state index contributed by atoms with van der Waals surface area (Å²) in [5.74, 6) is -0.777. The monoisotopic (exact) mass is 438 g/mol. The molecule has 2 atom stereocenters. The highest BCUT2D eigenvalue weighted by molar-refractivity contribution is 5.90. The number of piperazine rings is 1. The highest BCUT2D eigenvalue weighted by atomic mass is 16.5. The fourth-order valence-electron chi connectivity index (χ4n) is 3.12. The van der Waals surface area contributed by atoms with Crippen LogP contribution in [0.1, 0.15) is 34.6 Å². The molecule has 0 saturated carbocycles. The van der Waals surface area contributed by atoms with Crippen molar-refractivity contribution in [3.05, 3.63) is 59.7 Å². The van der Waals surface area contributed by atoms with Gasteiger partial charge in [0.1, 0.15) is 0 Å². The van der Waals surface area contributed by atoms with Crippen LogP contribution in [-0.4, -0.2) is 61.3 Å². The number of methoxy groups -OCH3 is 2. The zero-order valence-corrected chi connectivity index (χ0v) is 18.5. The Hall–Kier alpha value is -3.82. The van der Waals surface area contributed by atoms with E-state index in [2.05, 4.69) is 20.7 Å². The Bertz CT molecular complexity index is 909. The molecule has 0 amide bonds. The van der Waals surface area contributed by atoms with Crippen molar-refractivity contribution in [1.82, 2.24) is 10.0 Å². The van der Waals surface area contributed by atoms with E-state index in [1.54, 1.807) is 48.5 Å². The minimum Gasteiger partial charge on any atom is -0.465 e. The van der Waals surface area contributed by atoms with Crippen molar-refractivity contribution < 1.29 is 19.1 Å². The van der Waals surface area contributed by atoms with Crippen LogP contribution in [0.2, 0.25) is 0 Å². The number of hydrogen-bond acceptors (Lipinski definition) is 8. The van der Waals surface area contributed by atoms with Gasteiger partial charge in [0.05, 0.1) is 61.9 Å². The number of nitrogens with zero attached hydrogens (tertiary/aromatic N) is 6. The van der Waals surface area contributed by atoms with Gasteiger partial charge in [-0.1, -0.05) is 10.4 Å². The highest BCUT2D eigenvalue weighted by Crippen LogP contribution is 2.21. The van der Waals surface area contributed by atoms with E-state index in [1.807, 2.05) is 23.9 Å². The maximum atomic E-state index is 11.5. The lowest BCUT2D eigenvalue weighted by Gasteiger charge is -2.39. The van der Waals surface area contributed by atoms with Crippen molar-refractivity contribution in [3.8, 4) is 0 Å². The first-order valence-corrected chi connectivity index (χ1v) is 10.1. The molecule has 3 rings (SSSR count). The second-order valence-corrected chi connectivity index (χ2v) is 7.40. The molecular weight excluding hydrogens is 412 g/mol. The molecule has 168 valence electrons. The molecule has 10 nitrogen and oxygen atoms in total. The third kappa shape index (κ3) is 5.65. The van der Waals surface area contributed by atoms with E-state index in [4.69, 9.17) is 9.47 Å². The van der Waals surface area contributed by atoms with Gasteiger partial charge in [0.2, 0.25) is 0 Å². The van der Waals surface area contributed by atoms with Gasteiger partial charge in [0, 0.05) is 0 Å². The second-order valence-electron chi connectivity index (χ2n) is 7.40. The third-order valence-corrected chi connectivity index (χ3v) is 5.05. The van der Waals surface area contributed by atoms with Crippen LogP contribution in [-0.2, 0) is 9.47 Å². The summed E-state index contributed by atoms with van der Waals surface area (Å²) in [5, 5.41) is 21.1. The largest absolute Gasteiger partial charge is 0.465 e. The van der Waals surface area contributed by atoms with Gasteiger partial charge in [-0.25, -0.2) is 9.59 Å². The Morgan fingerprint density at radius 3 is 1.38 bits per heavy atom. The molecule has 0 radical (unpaired) electrons. The van der Waals surface area contributed by atoms with Crippen molar-refractivity contribution >= 4 is 23.3 Å². The Labute approximate surface area is 186 Å². The molecule has 10 heteroatoms. The molecule has 1 aliphatic heterocycles. The van der Waals surface area contributed by atoms with Crippen LogP contribution in [0.5, 0.6) is 0 Å². The molecule has 0 spiro atoms. The Morgan fingerprint density at radius 2 is 1.06 bits per heavy atom. The van der Waals surface area contributed by atoms with Gasteiger partial charge in [0.25, 0.3) is 0 Å². The van der Waals surface area contributed by atoms with Crippen molar-refractivity contribution in [2.45, 2.75) is 25.9 Å². The van der Waals surface area contributed by atoms with E-state index in [1.165, 1.54) is 14.2 Å².